The minimum Gasteiger partial charge on any atom is -0.480 e. The van der Waals surface area contributed by atoms with E-state index in [1.165, 1.54) is 0 Å². The van der Waals surface area contributed by atoms with Crippen molar-refractivity contribution in [1.82, 2.24) is 5.32 Å². The van der Waals surface area contributed by atoms with Crippen molar-refractivity contribution in [1.29, 1.82) is 0 Å². The number of amides is 1. The third-order valence-electron chi connectivity index (χ3n) is 2.90. The predicted molar refractivity (Wildman–Crippen MR) is 78.8 cm³/mol. The molecule has 0 spiro atoms. The largest absolute Gasteiger partial charge is 0.480 e. The number of rotatable bonds is 7. The van der Waals surface area contributed by atoms with Gasteiger partial charge in [0.1, 0.15) is 15.9 Å². The van der Waals surface area contributed by atoms with Crippen LogP contribution in [0.4, 0.5) is 0 Å². The van der Waals surface area contributed by atoms with E-state index in [4.69, 9.17) is 5.11 Å². The van der Waals surface area contributed by atoms with Crippen molar-refractivity contribution >= 4 is 21.7 Å². The molecule has 0 heterocycles. The first-order valence-electron chi connectivity index (χ1n) is 6.43. The van der Waals surface area contributed by atoms with E-state index in [1.807, 2.05) is 19.1 Å². The summed E-state index contributed by atoms with van der Waals surface area (Å²) in [7, 11) is -3.27. The molecule has 116 valence electrons. The Balaban J connectivity index is 2.60. The van der Waals surface area contributed by atoms with Crippen molar-refractivity contribution in [3.8, 4) is 0 Å². The monoisotopic (exact) mass is 313 g/mol. The maximum Gasteiger partial charge on any atom is 0.326 e. The van der Waals surface area contributed by atoms with Gasteiger partial charge < -0.3 is 10.4 Å². The average Bonchev–Trinajstić information content (AvgIpc) is 2.36. The second-order valence-electron chi connectivity index (χ2n) is 5.04. The zero-order chi connectivity index (χ0) is 16.0. The highest BCUT2D eigenvalue weighted by Gasteiger charge is 2.21. The molecule has 0 aliphatic carbocycles. The molecule has 0 aliphatic heterocycles. The number of hydrogen-bond acceptors (Lipinski definition) is 4. The Bertz CT molecular complexity index is 607. The third-order valence-corrected chi connectivity index (χ3v) is 3.87. The van der Waals surface area contributed by atoms with Gasteiger partial charge in [0.05, 0.1) is 12.2 Å². The van der Waals surface area contributed by atoms with Crippen LogP contribution in [0.1, 0.15) is 17.5 Å². The Morgan fingerprint density at radius 1 is 1.24 bits per heavy atom. The van der Waals surface area contributed by atoms with Crippen LogP contribution in [-0.4, -0.2) is 43.5 Å². The summed E-state index contributed by atoms with van der Waals surface area (Å²) in [5, 5.41) is 11.4. The lowest BCUT2D eigenvalue weighted by Gasteiger charge is -2.14. The molecule has 0 bridgehead atoms. The second kappa shape index (κ2) is 7.21. The van der Waals surface area contributed by atoms with Crippen LogP contribution in [0, 0.1) is 6.92 Å². The van der Waals surface area contributed by atoms with Gasteiger partial charge in [-0.05, 0) is 18.9 Å². The summed E-state index contributed by atoms with van der Waals surface area (Å²) in [4.78, 5) is 22.9. The number of nitrogens with one attached hydrogen (secondary N) is 1. The molecule has 2 N–H and O–H groups in total. The highest BCUT2D eigenvalue weighted by atomic mass is 32.2. The molecule has 0 radical (unpaired) electrons. The van der Waals surface area contributed by atoms with Crippen molar-refractivity contribution in [3.05, 3.63) is 35.4 Å². The van der Waals surface area contributed by atoms with E-state index in [2.05, 4.69) is 5.32 Å². The summed E-state index contributed by atoms with van der Waals surface area (Å²) in [6.45, 7) is 1.93. The lowest BCUT2D eigenvalue weighted by molar-refractivity contribution is -0.141. The lowest BCUT2D eigenvalue weighted by atomic mass is 10.1. The van der Waals surface area contributed by atoms with Crippen LogP contribution >= 0.6 is 0 Å². The fourth-order valence-electron chi connectivity index (χ4n) is 1.73. The van der Waals surface area contributed by atoms with Crippen molar-refractivity contribution in [2.24, 2.45) is 0 Å². The van der Waals surface area contributed by atoms with E-state index in [1.54, 1.807) is 12.1 Å². The Morgan fingerprint density at radius 2 is 1.81 bits per heavy atom. The molecule has 1 aromatic rings. The van der Waals surface area contributed by atoms with Gasteiger partial charge in [0.25, 0.3) is 0 Å². The quantitative estimate of drug-likeness (QED) is 0.765. The minimum atomic E-state index is -3.27. The van der Waals surface area contributed by atoms with Gasteiger partial charge in [-0.25, -0.2) is 13.2 Å². The topological polar surface area (TPSA) is 101 Å². The molecule has 0 saturated carbocycles. The maximum absolute atomic E-state index is 11.8. The molecule has 21 heavy (non-hydrogen) atoms. The first-order chi connectivity index (χ1) is 9.67. The van der Waals surface area contributed by atoms with Gasteiger partial charge in [-0.3, -0.25) is 4.79 Å². The van der Waals surface area contributed by atoms with E-state index >= 15 is 0 Å². The van der Waals surface area contributed by atoms with Crippen LogP contribution in [0.2, 0.25) is 0 Å². The first-order valence-corrected chi connectivity index (χ1v) is 8.49. The van der Waals surface area contributed by atoms with Crippen LogP contribution in [0.3, 0.4) is 0 Å². The van der Waals surface area contributed by atoms with Gasteiger partial charge in [-0.2, -0.15) is 0 Å². The lowest BCUT2D eigenvalue weighted by Crippen LogP contribution is -2.42. The van der Waals surface area contributed by atoms with Crippen molar-refractivity contribution in [3.63, 3.8) is 0 Å². The van der Waals surface area contributed by atoms with Crippen LogP contribution in [0.5, 0.6) is 0 Å². The average molecular weight is 313 g/mol. The minimum absolute atomic E-state index is 0.0585. The van der Waals surface area contributed by atoms with Crippen LogP contribution in [-0.2, 0) is 25.8 Å². The fraction of sp³-hybridized carbons (Fsp3) is 0.429. The summed E-state index contributed by atoms with van der Waals surface area (Å²) in [6, 6.07) is 6.11. The first kappa shape index (κ1) is 17.2. The molecule has 0 saturated heterocycles. The Hall–Kier alpha value is -1.89. The SMILES string of the molecule is Cc1ccc(CC(=O)NC(CCS(C)(=O)=O)C(=O)O)cc1. The molecular formula is C14H19NO5S. The summed E-state index contributed by atoms with van der Waals surface area (Å²) in [5.74, 6) is -1.97. The zero-order valence-electron chi connectivity index (χ0n) is 12.0. The standard InChI is InChI=1S/C14H19NO5S/c1-10-3-5-11(6-4-10)9-13(16)15-12(14(17)18)7-8-21(2,19)20/h3-6,12H,7-9H2,1-2H3,(H,15,16)(H,17,18). The number of aryl methyl sites for hydroxylation is 1. The summed E-state index contributed by atoms with van der Waals surface area (Å²) in [5.41, 5.74) is 1.83. The zero-order valence-corrected chi connectivity index (χ0v) is 12.8. The molecule has 1 aromatic carbocycles. The summed E-state index contributed by atoms with van der Waals surface area (Å²) < 4.78 is 22.1. The third kappa shape index (κ3) is 6.89. The second-order valence-corrected chi connectivity index (χ2v) is 7.30. The van der Waals surface area contributed by atoms with Gasteiger partial charge in [-0.15, -0.1) is 0 Å². The van der Waals surface area contributed by atoms with E-state index < -0.39 is 27.8 Å². The van der Waals surface area contributed by atoms with Crippen molar-refractivity contribution in [2.75, 3.05) is 12.0 Å². The van der Waals surface area contributed by atoms with Gasteiger partial charge in [0, 0.05) is 6.26 Å². The number of benzene rings is 1. The van der Waals surface area contributed by atoms with E-state index in [-0.39, 0.29) is 18.6 Å². The van der Waals surface area contributed by atoms with Gasteiger partial charge in [0.15, 0.2) is 0 Å². The molecule has 0 aliphatic rings. The fourth-order valence-corrected chi connectivity index (χ4v) is 2.39. The number of carbonyl (C=O) groups excluding carboxylic acids is 1. The van der Waals surface area contributed by atoms with Gasteiger partial charge in [0.2, 0.25) is 5.91 Å². The van der Waals surface area contributed by atoms with Gasteiger partial charge in [-0.1, -0.05) is 29.8 Å². The summed E-state index contributed by atoms with van der Waals surface area (Å²) >= 11 is 0. The molecular weight excluding hydrogens is 294 g/mol. The predicted octanol–water partition coefficient (Wildman–Crippen LogP) is 0.542. The van der Waals surface area contributed by atoms with Crippen molar-refractivity contribution in [2.45, 2.75) is 25.8 Å². The molecule has 1 atom stereocenters. The molecule has 6 nitrogen and oxygen atoms in total. The van der Waals surface area contributed by atoms with E-state index in [9.17, 15) is 18.0 Å². The van der Waals surface area contributed by atoms with E-state index in [0.29, 0.717) is 0 Å². The molecule has 7 heteroatoms. The smallest absolute Gasteiger partial charge is 0.326 e. The van der Waals surface area contributed by atoms with Crippen LogP contribution in [0.25, 0.3) is 0 Å². The number of sulfone groups is 1. The highest BCUT2D eigenvalue weighted by Crippen LogP contribution is 2.05. The van der Waals surface area contributed by atoms with Crippen molar-refractivity contribution < 1.29 is 23.1 Å². The normalized spacial score (nSPS) is 12.7. The maximum atomic E-state index is 11.8. The highest BCUT2D eigenvalue weighted by molar-refractivity contribution is 7.90. The molecule has 0 aromatic heterocycles. The number of aliphatic carboxylic acids is 1. The van der Waals surface area contributed by atoms with E-state index in [0.717, 1.165) is 17.4 Å². The van der Waals surface area contributed by atoms with Gasteiger partial charge >= 0.3 is 5.97 Å². The Labute approximate surface area is 124 Å². The number of hydrogen-bond donors (Lipinski definition) is 2. The Kier molecular flexibility index (Phi) is 5.90. The number of carboxylic acid groups (broad SMARTS) is 1. The number of carbonyl (C=O) groups is 2. The molecule has 0 fully saturated rings. The number of carboxylic acids is 1. The van der Waals surface area contributed by atoms with Crippen LogP contribution < -0.4 is 5.32 Å². The molecule has 1 rings (SSSR count). The molecule has 1 unspecified atom stereocenters. The summed E-state index contributed by atoms with van der Waals surface area (Å²) in [6.07, 6.45) is 0.941. The molecule has 1 amide bonds. The Morgan fingerprint density at radius 3 is 2.29 bits per heavy atom. The van der Waals surface area contributed by atoms with Crippen LogP contribution in [0.15, 0.2) is 24.3 Å².